The lowest BCUT2D eigenvalue weighted by Gasteiger charge is -2.10. The highest BCUT2D eigenvalue weighted by Gasteiger charge is 2.16. The van der Waals surface area contributed by atoms with Gasteiger partial charge in [-0.25, -0.2) is 4.98 Å². The topological polar surface area (TPSA) is 43.3 Å². The third kappa shape index (κ3) is 2.46. The van der Waals surface area contributed by atoms with Gasteiger partial charge in [0.1, 0.15) is 0 Å². The van der Waals surface area contributed by atoms with Crippen molar-refractivity contribution in [1.29, 1.82) is 0 Å². The normalized spacial score (nSPS) is 12.9. The second-order valence-corrected chi connectivity index (χ2v) is 6.15. The first-order valence-corrected chi connectivity index (χ1v) is 7.90. The van der Waals surface area contributed by atoms with Crippen LogP contribution in [-0.4, -0.2) is 15.4 Å². The zero-order chi connectivity index (χ0) is 14.1. The first kappa shape index (κ1) is 13.6. The molecule has 1 aromatic carbocycles. The van der Waals surface area contributed by atoms with Gasteiger partial charge in [-0.05, 0) is 18.6 Å². The van der Waals surface area contributed by atoms with Crippen LogP contribution in [0.1, 0.15) is 19.0 Å². The number of thiazole rings is 1. The Labute approximate surface area is 127 Å². The number of imidazole rings is 1. The summed E-state index contributed by atoms with van der Waals surface area (Å²) < 4.78 is 2.14. The molecule has 3 nitrogen and oxygen atoms in total. The summed E-state index contributed by atoms with van der Waals surface area (Å²) >= 11 is 7.60. The first-order valence-electron chi connectivity index (χ1n) is 6.65. The molecule has 0 aliphatic heterocycles. The van der Waals surface area contributed by atoms with Crippen molar-refractivity contribution >= 4 is 27.9 Å². The highest BCUT2D eigenvalue weighted by molar-refractivity contribution is 7.15. The van der Waals surface area contributed by atoms with Crippen LogP contribution >= 0.6 is 22.9 Å². The fraction of sp³-hybridized carbons (Fsp3) is 0.267. The van der Waals surface area contributed by atoms with Crippen molar-refractivity contribution in [2.75, 3.05) is 0 Å². The lowest BCUT2D eigenvalue weighted by molar-refractivity contribution is 0.635. The lowest BCUT2D eigenvalue weighted by Crippen LogP contribution is -2.22. The van der Waals surface area contributed by atoms with Crippen LogP contribution in [-0.2, 0) is 6.42 Å². The number of benzene rings is 1. The molecular weight excluding hydrogens is 290 g/mol. The maximum atomic E-state index is 6.14. The van der Waals surface area contributed by atoms with Gasteiger partial charge in [-0.15, -0.1) is 11.3 Å². The third-order valence-electron chi connectivity index (χ3n) is 3.46. The number of halogens is 1. The predicted octanol–water partition coefficient (Wildman–Crippen LogP) is 4.00. The molecule has 1 atom stereocenters. The molecule has 5 heteroatoms. The van der Waals surface area contributed by atoms with Gasteiger partial charge in [0.2, 0.25) is 0 Å². The van der Waals surface area contributed by atoms with Gasteiger partial charge in [-0.2, -0.15) is 0 Å². The van der Waals surface area contributed by atoms with Crippen LogP contribution in [0.3, 0.4) is 0 Å². The average molecular weight is 306 g/mol. The van der Waals surface area contributed by atoms with Crippen molar-refractivity contribution in [3.8, 4) is 11.3 Å². The van der Waals surface area contributed by atoms with E-state index in [9.17, 15) is 0 Å². The summed E-state index contributed by atoms with van der Waals surface area (Å²) in [4.78, 5) is 5.75. The van der Waals surface area contributed by atoms with Gasteiger partial charge < -0.3 is 5.73 Å². The standard InChI is InChI=1S/C15H16ClN3S/c1-2-12(17)9-13-14(10-3-5-11(16)6-4-10)18-15-19(13)7-8-20-15/h3-8,12H,2,9,17H2,1H3. The van der Waals surface area contributed by atoms with E-state index in [0.717, 1.165) is 34.1 Å². The molecule has 0 spiro atoms. The maximum absolute atomic E-state index is 6.14. The number of nitrogens with two attached hydrogens (primary N) is 1. The Hall–Kier alpha value is -1.36. The van der Waals surface area contributed by atoms with E-state index >= 15 is 0 Å². The fourth-order valence-corrected chi connectivity index (χ4v) is 3.12. The number of nitrogens with zero attached hydrogens (tertiary/aromatic N) is 2. The highest BCUT2D eigenvalue weighted by Crippen LogP contribution is 2.28. The molecule has 3 rings (SSSR count). The zero-order valence-electron chi connectivity index (χ0n) is 11.2. The van der Waals surface area contributed by atoms with Crippen molar-refractivity contribution in [2.45, 2.75) is 25.8 Å². The summed E-state index contributed by atoms with van der Waals surface area (Å²) in [6.45, 7) is 2.11. The molecule has 0 aliphatic carbocycles. The smallest absolute Gasteiger partial charge is 0.194 e. The summed E-state index contributed by atoms with van der Waals surface area (Å²) in [5.74, 6) is 0. The molecule has 0 amide bonds. The highest BCUT2D eigenvalue weighted by atomic mass is 35.5. The predicted molar refractivity (Wildman–Crippen MR) is 85.5 cm³/mol. The van der Waals surface area contributed by atoms with Gasteiger partial charge in [-0.3, -0.25) is 4.40 Å². The van der Waals surface area contributed by atoms with E-state index in [-0.39, 0.29) is 6.04 Å². The van der Waals surface area contributed by atoms with E-state index in [1.54, 1.807) is 11.3 Å². The average Bonchev–Trinajstić information content (AvgIpc) is 3.02. The summed E-state index contributed by atoms with van der Waals surface area (Å²) in [5.41, 5.74) is 9.41. The maximum Gasteiger partial charge on any atom is 0.194 e. The second-order valence-electron chi connectivity index (χ2n) is 4.84. The van der Waals surface area contributed by atoms with Gasteiger partial charge >= 0.3 is 0 Å². The third-order valence-corrected chi connectivity index (χ3v) is 4.47. The van der Waals surface area contributed by atoms with Crippen LogP contribution in [0.5, 0.6) is 0 Å². The number of hydrogen-bond donors (Lipinski definition) is 1. The molecule has 3 aromatic rings. The van der Waals surface area contributed by atoms with E-state index in [0.29, 0.717) is 0 Å². The van der Waals surface area contributed by atoms with Gasteiger partial charge in [0.25, 0.3) is 0 Å². The summed E-state index contributed by atoms with van der Waals surface area (Å²) in [5, 5.41) is 2.79. The lowest BCUT2D eigenvalue weighted by atomic mass is 10.0. The molecular formula is C15H16ClN3S. The van der Waals surface area contributed by atoms with Crippen molar-refractivity contribution in [3.63, 3.8) is 0 Å². The van der Waals surface area contributed by atoms with Crippen LogP contribution in [0.4, 0.5) is 0 Å². The Bertz CT molecular complexity index is 714. The largest absolute Gasteiger partial charge is 0.327 e. The van der Waals surface area contributed by atoms with Crippen molar-refractivity contribution < 1.29 is 0 Å². The Morgan fingerprint density at radius 2 is 2.10 bits per heavy atom. The van der Waals surface area contributed by atoms with E-state index < -0.39 is 0 Å². The van der Waals surface area contributed by atoms with Crippen LogP contribution in [0.15, 0.2) is 35.8 Å². The van der Waals surface area contributed by atoms with E-state index in [1.165, 1.54) is 5.69 Å². The minimum atomic E-state index is 0.154. The fourth-order valence-electron chi connectivity index (χ4n) is 2.26. The molecule has 0 radical (unpaired) electrons. The quantitative estimate of drug-likeness (QED) is 0.792. The van der Waals surface area contributed by atoms with E-state index in [2.05, 4.69) is 22.9 Å². The van der Waals surface area contributed by atoms with Gasteiger partial charge in [0, 0.05) is 34.6 Å². The molecule has 2 aromatic heterocycles. The SMILES string of the molecule is CCC(N)Cc1c(-c2ccc(Cl)cc2)nc2sccn12. The number of hydrogen-bond acceptors (Lipinski definition) is 3. The van der Waals surface area contributed by atoms with Crippen molar-refractivity contribution in [2.24, 2.45) is 5.73 Å². The number of fused-ring (bicyclic) bond motifs is 1. The molecule has 0 saturated carbocycles. The minimum Gasteiger partial charge on any atom is -0.327 e. The molecule has 104 valence electrons. The summed E-state index contributed by atoms with van der Waals surface area (Å²) in [6, 6.07) is 7.97. The second kappa shape index (κ2) is 5.56. The van der Waals surface area contributed by atoms with Crippen molar-refractivity contribution in [1.82, 2.24) is 9.38 Å². The van der Waals surface area contributed by atoms with Gasteiger partial charge in [-0.1, -0.05) is 30.7 Å². The number of rotatable bonds is 4. The van der Waals surface area contributed by atoms with Crippen LogP contribution in [0, 0.1) is 0 Å². The molecule has 1 unspecified atom stereocenters. The van der Waals surface area contributed by atoms with Crippen LogP contribution in [0.2, 0.25) is 5.02 Å². The Morgan fingerprint density at radius 1 is 1.35 bits per heavy atom. The molecule has 0 saturated heterocycles. The zero-order valence-corrected chi connectivity index (χ0v) is 12.8. The first-order chi connectivity index (χ1) is 9.69. The molecule has 0 bridgehead atoms. The van der Waals surface area contributed by atoms with Crippen molar-refractivity contribution in [3.05, 3.63) is 46.6 Å². The molecule has 2 heterocycles. The monoisotopic (exact) mass is 305 g/mol. The van der Waals surface area contributed by atoms with Gasteiger partial charge in [0.05, 0.1) is 11.4 Å². The Morgan fingerprint density at radius 3 is 2.80 bits per heavy atom. The summed E-state index contributed by atoms with van der Waals surface area (Å²) in [6.07, 6.45) is 3.84. The molecule has 20 heavy (non-hydrogen) atoms. The summed E-state index contributed by atoms with van der Waals surface area (Å²) in [7, 11) is 0. The molecule has 0 fully saturated rings. The van der Waals surface area contributed by atoms with Crippen LogP contribution in [0.25, 0.3) is 16.2 Å². The Balaban J connectivity index is 2.11. The number of aromatic nitrogens is 2. The van der Waals surface area contributed by atoms with Crippen LogP contribution < -0.4 is 5.73 Å². The minimum absolute atomic E-state index is 0.154. The van der Waals surface area contributed by atoms with E-state index in [4.69, 9.17) is 22.3 Å². The Kier molecular flexibility index (Phi) is 3.78. The molecule has 0 aliphatic rings. The van der Waals surface area contributed by atoms with Gasteiger partial charge in [0.15, 0.2) is 4.96 Å². The van der Waals surface area contributed by atoms with E-state index in [1.807, 2.05) is 24.3 Å². The molecule has 2 N–H and O–H groups in total.